The Morgan fingerprint density at radius 3 is 2.79 bits per heavy atom. The van der Waals surface area contributed by atoms with Crippen molar-refractivity contribution in [2.45, 2.75) is 26.7 Å². The van der Waals surface area contributed by atoms with Crippen molar-refractivity contribution in [3.8, 4) is 0 Å². The van der Waals surface area contributed by atoms with E-state index >= 15 is 0 Å². The molecule has 1 aromatic rings. The van der Waals surface area contributed by atoms with Crippen molar-refractivity contribution in [2.24, 2.45) is 0 Å². The van der Waals surface area contributed by atoms with Gasteiger partial charge in [0.25, 0.3) is 5.91 Å². The third-order valence-electron chi connectivity index (χ3n) is 2.61. The molecule has 0 spiro atoms. The molecule has 0 aliphatic carbocycles. The molecular weight excluding hydrogens is 264 g/mol. The van der Waals surface area contributed by atoms with Crippen LogP contribution in [0.2, 0.25) is 0 Å². The van der Waals surface area contributed by atoms with E-state index in [4.69, 9.17) is 10.8 Å². The van der Waals surface area contributed by atoms with Crippen molar-refractivity contribution in [1.29, 1.82) is 0 Å². The van der Waals surface area contributed by atoms with Crippen LogP contribution in [-0.4, -0.2) is 47.1 Å². The molecule has 7 heteroatoms. The maximum Gasteiger partial charge on any atom is 0.267 e. The number of carbonyl (C=O) groups is 1. The first kappa shape index (κ1) is 15.7. The van der Waals surface area contributed by atoms with Crippen molar-refractivity contribution in [1.82, 2.24) is 9.88 Å². The van der Waals surface area contributed by atoms with E-state index in [1.165, 1.54) is 11.3 Å². The summed E-state index contributed by atoms with van der Waals surface area (Å²) in [5.41, 5.74) is 5.78. The van der Waals surface area contributed by atoms with Crippen molar-refractivity contribution >= 4 is 28.2 Å². The molecule has 0 unspecified atom stereocenters. The van der Waals surface area contributed by atoms with Crippen LogP contribution < -0.4 is 11.1 Å². The van der Waals surface area contributed by atoms with Gasteiger partial charge in [0.05, 0.1) is 6.61 Å². The Kier molecular flexibility index (Phi) is 6.58. The van der Waals surface area contributed by atoms with Gasteiger partial charge in [0, 0.05) is 19.6 Å². The Morgan fingerprint density at radius 1 is 1.47 bits per heavy atom. The molecule has 0 aliphatic heterocycles. The summed E-state index contributed by atoms with van der Waals surface area (Å²) in [6.45, 7) is 5.66. The quantitative estimate of drug-likeness (QED) is 0.672. The summed E-state index contributed by atoms with van der Waals surface area (Å²) in [5.74, 6) is 0.104. The summed E-state index contributed by atoms with van der Waals surface area (Å²) < 4.78 is 0. The first-order chi connectivity index (χ1) is 9.13. The monoisotopic (exact) mass is 286 g/mol. The van der Waals surface area contributed by atoms with Crippen molar-refractivity contribution in [2.75, 3.05) is 37.3 Å². The minimum Gasteiger partial charge on any atom is -0.395 e. The molecule has 108 valence electrons. The molecule has 0 saturated heterocycles. The molecule has 19 heavy (non-hydrogen) atoms. The highest BCUT2D eigenvalue weighted by atomic mass is 32.1. The number of nitrogens with two attached hydrogens (primary N) is 1. The van der Waals surface area contributed by atoms with Gasteiger partial charge in [-0.15, -0.1) is 0 Å². The second kappa shape index (κ2) is 7.96. The number of hydrogen-bond donors (Lipinski definition) is 3. The molecule has 1 aromatic heterocycles. The van der Waals surface area contributed by atoms with Crippen LogP contribution in [0.3, 0.4) is 0 Å². The van der Waals surface area contributed by atoms with E-state index in [0.717, 1.165) is 19.4 Å². The lowest BCUT2D eigenvalue weighted by Crippen LogP contribution is -2.34. The zero-order chi connectivity index (χ0) is 14.3. The van der Waals surface area contributed by atoms with E-state index in [1.807, 2.05) is 6.92 Å². The first-order valence-corrected chi connectivity index (χ1v) is 7.35. The number of aliphatic hydroxyl groups excluding tert-OH is 1. The maximum absolute atomic E-state index is 12.4. The zero-order valence-electron chi connectivity index (χ0n) is 11.5. The van der Waals surface area contributed by atoms with Crippen LogP contribution in [-0.2, 0) is 0 Å². The molecule has 0 radical (unpaired) electrons. The van der Waals surface area contributed by atoms with Crippen LogP contribution in [0.15, 0.2) is 0 Å². The van der Waals surface area contributed by atoms with Crippen LogP contribution in [0, 0.1) is 0 Å². The summed E-state index contributed by atoms with van der Waals surface area (Å²) in [6, 6.07) is 0. The lowest BCUT2D eigenvalue weighted by atomic mass is 10.3. The fraction of sp³-hybridized carbons (Fsp3) is 0.667. The second-order valence-electron chi connectivity index (χ2n) is 4.13. The van der Waals surface area contributed by atoms with E-state index in [1.54, 1.807) is 4.90 Å². The Bertz CT molecular complexity index is 408. The molecule has 0 saturated carbocycles. The molecule has 0 fully saturated rings. The summed E-state index contributed by atoms with van der Waals surface area (Å²) in [6.07, 6.45) is 1.90. The fourth-order valence-electron chi connectivity index (χ4n) is 1.64. The third-order valence-corrected chi connectivity index (χ3v) is 3.63. The van der Waals surface area contributed by atoms with Crippen LogP contribution in [0.4, 0.5) is 10.9 Å². The molecule has 4 N–H and O–H groups in total. The normalized spacial score (nSPS) is 10.5. The molecule has 1 amide bonds. The number of nitrogens with one attached hydrogen (secondary N) is 1. The smallest absolute Gasteiger partial charge is 0.267 e. The lowest BCUT2D eigenvalue weighted by Gasteiger charge is -2.20. The van der Waals surface area contributed by atoms with Crippen LogP contribution >= 0.6 is 11.3 Å². The molecular formula is C12H22N4O2S. The van der Waals surface area contributed by atoms with Crippen LogP contribution in [0.25, 0.3) is 0 Å². The number of amides is 1. The van der Waals surface area contributed by atoms with Crippen molar-refractivity contribution in [3.05, 3.63) is 4.88 Å². The number of carbonyl (C=O) groups excluding carboxylic acids is 1. The highest BCUT2D eigenvalue weighted by molar-refractivity contribution is 7.18. The Balaban J connectivity index is 2.82. The number of nitrogen functional groups attached to an aromatic ring is 1. The fourth-order valence-corrected chi connectivity index (χ4v) is 2.56. The second-order valence-corrected chi connectivity index (χ2v) is 5.13. The summed E-state index contributed by atoms with van der Waals surface area (Å²) in [4.78, 5) is 18.5. The lowest BCUT2D eigenvalue weighted by molar-refractivity contribution is 0.0725. The Morgan fingerprint density at radius 2 is 2.21 bits per heavy atom. The van der Waals surface area contributed by atoms with Gasteiger partial charge in [-0.3, -0.25) is 4.79 Å². The molecule has 0 aromatic carbocycles. The van der Waals surface area contributed by atoms with E-state index in [2.05, 4.69) is 17.2 Å². The molecule has 1 heterocycles. The number of aromatic nitrogens is 1. The topological polar surface area (TPSA) is 91.5 Å². The van der Waals surface area contributed by atoms with Gasteiger partial charge in [-0.05, 0) is 13.3 Å². The minimum atomic E-state index is -0.151. The standard InChI is InChI=1S/C12H22N4O2S/c1-3-5-6-16(7-8-17)11(18)9-10(13)15-12(19-9)14-4-2/h17H,3-8,13H2,1-2H3,(H,14,15). The molecule has 0 bridgehead atoms. The summed E-state index contributed by atoms with van der Waals surface area (Å²) in [5, 5.41) is 12.7. The van der Waals surface area contributed by atoms with Gasteiger partial charge < -0.3 is 21.1 Å². The van der Waals surface area contributed by atoms with E-state index in [9.17, 15) is 4.79 Å². The number of aliphatic hydroxyl groups is 1. The zero-order valence-corrected chi connectivity index (χ0v) is 12.3. The number of anilines is 2. The number of thiazole rings is 1. The SMILES string of the molecule is CCCCN(CCO)C(=O)c1sc(NCC)nc1N. The van der Waals surface area contributed by atoms with E-state index < -0.39 is 0 Å². The third kappa shape index (κ3) is 4.36. The van der Waals surface area contributed by atoms with Crippen LogP contribution in [0.1, 0.15) is 36.4 Å². The number of rotatable bonds is 8. The predicted octanol–water partition coefficient (Wildman–Crippen LogP) is 1.39. The number of nitrogens with zero attached hydrogens (tertiary/aromatic N) is 2. The number of hydrogen-bond acceptors (Lipinski definition) is 6. The molecule has 1 rings (SSSR count). The van der Waals surface area contributed by atoms with Crippen molar-refractivity contribution in [3.63, 3.8) is 0 Å². The van der Waals surface area contributed by atoms with Gasteiger partial charge >= 0.3 is 0 Å². The van der Waals surface area contributed by atoms with Gasteiger partial charge in [0.2, 0.25) is 0 Å². The highest BCUT2D eigenvalue weighted by Gasteiger charge is 2.21. The number of unbranched alkanes of at least 4 members (excludes halogenated alkanes) is 1. The van der Waals surface area contributed by atoms with E-state index in [0.29, 0.717) is 23.1 Å². The van der Waals surface area contributed by atoms with E-state index in [-0.39, 0.29) is 18.3 Å². The Labute approximate surface area is 117 Å². The summed E-state index contributed by atoms with van der Waals surface area (Å²) in [7, 11) is 0. The minimum absolute atomic E-state index is 0.0474. The molecule has 0 atom stereocenters. The van der Waals surface area contributed by atoms with Gasteiger partial charge in [-0.2, -0.15) is 0 Å². The largest absolute Gasteiger partial charge is 0.395 e. The van der Waals surface area contributed by atoms with Gasteiger partial charge in [0.1, 0.15) is 10.7 Å². The van der Waals surface area contributed by atoms with Gasteiger partial charge in [-0.1, -0.05) is 24.7 Å². The van der Waals surface area contributed by atoms with Gasteiger partial charge in [0.15, 0.2) is 5.13 Å². The average molecular weight is 286 g/mol. The molecule has 0 aliphatic rings. The average Bonchev–Trinajstić information content (AvgIpc) is 2.75. The van der Waals surface area contributed by atoms with Gasteiger partial charge in [-0.25, -0.2) is 4.98 Å². The maximum atomic E-state index is 12.4. The Hall–Kier alpha value is -1.34. The van der Waals surface area contributed by atoms with Crippen molar-refractivity contribution < 1.29 is 9.90 Å². The summed E-state index contributed by atoms with van der Waals surface area (Å²) >= 11 is 1.26. The van der Waals surface area contributed by atoms with Crippen LogP contribution in [0.5, 0.6) is 0 Å². The first-order valence-electron chi connectivity index (χ1n) is 6.54. The predicted molar refractivity (Wildman–Crippen MR) is 78.6 cm³/mol. The highest BCUT2D eigenvalue weighted by Crippen LogP contribution is 2.26. The molecule has 6 nitrogen and oxygen atoms in total.